The third-order valence-electron chi connectivity index (χ3n) is 6.07. The van der Waals surface area contributed by atoms with Crippen molar-refractivity contribution in [1.82, 2.24) is 24.6 Å². The lowest BCUT2D eigenvalue weighted by atomic mass is 10.1. The van der Waals surface area contributed by atoms with Crippen LogP contribution in [0.2, 0.25) is 0 Å². The van der Waals surface area contributed by atoms with E-state index in [1.807, 2.05) is 43.3 Å². The van der Waals surface area contributed by atoms with E-state index in [0.29, 0.717) is 35.1 Å². The van der Waals surface area contributed by atoms with Crippen molar-refractivity contribution in [2.24, 2.45) is 0 Å². The van der Waals surface area contributed by atoms with Crippen LogP contribution < -0.4 is 19.9 Å². The van der Waals surface area contributed by atoms with Crippen LogP contribution in [0.15, 0.2) is 48.9 Å². The van der Waals surface area contributed by atoms with Crippen LogP contribution in [0.4, 0.5) is 21.6 Å². The fourth-order valence-electron chi connectivity index (χ4n) is 4.34. The number of benzene rings is 1. The number of pyridine rings is 1. The number of ether oxygens (including phenoxy) is 1. The number of hydrogen-bond donors (Lipinski definition) is 1. The second-order valence-electron chi connectivity index (χ2n) is 8.50. The van der Waals surface area contributed by atoms with Gasteiger partial charge in [0.05, 0.1) is 31.7 Å². The number of nitrogens with zero attached hydrogens (tertiary/aromatic N) is 7. The van der Waals surface area contributed by atoms with E-state index in [1.54, 1.807) is 16.8 Å². The van der Waals surface area contributed by atoms with Gasteiger partial charge in [-0.25, -0.2) is 14.4 Å². The number of nitrogens with one attached hydrogen (secondary N) is 1. The van der Waals surface area contributed by atoms with Crippen molar-refractivity contribution in [3.8, 4) is 5.88 Å². The van der Waals surface area contributed by atoms with Gasteiger partial charge in [0.2, 0.25) is 11.7 Å². The van der Waals surface area contributed by atoms with E-state index in [0.717, 1.165) is 24.7 Å². The van der Waals surface area contributed by atoms with Gasteiger partial charge in [-0.3, -0.25) is 9.20 Å². The Balaban J connectivity index is 1.44. The number of rotatable bonds is 6. The first kappa shape index (κ1) is 22.5. The molecule has 1 fully saturated rings. The average Bonchev–Trinajstić information content (AvgIpc) is 3.51. The Hall–Kier alpha value is -4.28. The van der Waals surface area contributed by atoms with Crippen LogP contribution in [-0.4, -0.2) is 58.2 Å². The molecule has 1 aromatic carbocycles. The molecule has 4 aromatic rings. The number of aromatic nitrogens is 5. The van der Waals surface area contributed by atoms with Gasteiger partial charge in [-0.1, -0.05) is 0 Å². The van der Waals surface area contributed by atoms with Gasteiger partial charge >= 0.3 is 0 Å². The Morgan fingerprint density at radius 1 is 1.17 bits per heavy atom. The van der Waals surface area contributed by atoms with Gasteiger partial charge in [0.1, 0.15) is 11.6 Å². The number of anilines is 3. The molecule has 0 unspecified atom stereocenters. The fourth-order valence-corrected chi connectivity index (χ4v) is 4.34. The highest BCUT2D eigenvalue weighted by atomic mass is 19.1. The molecule has 0 radical (unpaired) electrons. The van der Waals surface area contributed by atoms with Gasteiger partial charge in [-0.05, 0) is 43.2 Å². The zero-order chi connectivity index (χ0) is 24.5. The number of hydrogen-bond acceptors (Lipinski definition) is 8. The zero-order valence-corrected chi connectivity index (χ0v) is 19.6. The Bertz CT molecular complexity index is 1370. The summed E-state index contributed by atoms with van der Waals surface area (Å²) in [6, 6.07) is 8.79. The molecule has 1 atom stereocenters. The Morgan fingerprint density at radius 2 is 1.97 bits per heavy atom. The van der Waals surface area contributed by atoms with Gasteiger partial charge in [0, 0.05) is 37.6 Å². The Kier molecular flexibility index (Phi) is 5.89. The molecule has 3 aromatic heterocycles. The van der Waals surface area contributed by atoms with Crippen LogP contribution in [0.1, 0.15) is 35.1 Å². The molecule has 11 heteroatoms. The fraction of sp³-hybridized carbons (Fsp3) is 0.292. The number of fused-ring (bicyclic) bond motifs is 1. The van der Waals surface area contributed by atoms with Crippen molar-refractivity contribution >= 4 is 28.7 Å². The molecule has 10 nitrogen and oxygen atoms in total. The lowest BCUT2D eigenvalue weighted by Crippen LogP contribution is -2.25. The lowest BCUT2D eigenvalue weighted by Gasteiger charge is -2.26. The molecule has 1 N–H and O–H groups in total. The summed E-state index contributed by atoms with van der Waals surface area (Å²) in [5.74, 6) is 0.333. The van der Waals surface area contributed by atoms with Crippen molar-refractivity contribution in [2.75, 3.05) is 42.9 Å². The Labute approximate surface area is 201 Å². The first-order chi connectivity index (χ1) is 16.9. The third kappa shape index (κ3) is 4.32. The molecule has 1 aliphatic heterocycles. The number of carbonyl (C=O) groups is 1. The quantitative estimate of drug-likeness (QED) is 0.452. The predicted molar refractivity (Wildman–Crippen MR) is 130 cm³/mol. The van der Waals surface area contributed by atoms with Gasteiger partial charge in [-0.2, -0.15) is 0 Å². The highest BCUT2D eigenvalue weighted by molar-refractivity contribution is 6.02. The molecule has 4 heterocycles. The van der Waals surface area contributed by atoms with Crippen molar-refractivity contribution in [3.63, 3.8) is 0 Å². The van der Waals surface area contributed by atoms with Crippen molar-refractivity contribution in [1.29, 1.82) is 0 Å². The molecular formula is C24H25FN8O2. The second-order valence-corrected chi connectivity index (χ2v) is 8.50. The minimum atomic E-state index is -0.424. The summed E-state index contributed by atoms with van der Waals surface area (Å²) in [7, 11) is 5.42. The summed E-state index contributed by atoms with van der Waals surface area (Å²) in [5, 5.41) is 11.0. The standard InChI is InChI=1S/C24H25FN8O2/c1-31(2)17-8-6-16(7-9-17)28-23(34)22-30-29-20-13-26-21(14-33(20)22)32-10-4-5-19(32)18-11-15(25)12-27-24(18)35-3/h6-9,11-14,19H,4-5,10H2,1-3H3,(H,28,34)/t19-/m1/s1. The normalized spacial score (nSPS) is 15.4. The smallest absolute Gasteiger partial charge is 0.293 e. The molecule has 0 saturated carbocycles. The largest absolute Gasteiger partial charge is 0.481 e. The maximum Gasteiger partial charge on any atom is 0.293 e. The topological polar surface area (TPSA) is 101 Å². The maximum atomic E-state index is 14.0. The molecular weight excluding hydrogens is 451 g/mol. The van der Waals surface area contributed by atoms with E-state index in [2.05, 4.69) is 30.4 Å². The van der Waals surface area contributed by atoms with E-state index >= 15 is 0 Å². The molecule has 180 valence electrons. The monoisotopic (exact) mass is 476 g/mol. The molecule has 1 saturated heterocycles. The van der Waals surface area contributed by atoms with Gasteiger partial charge in [0.15, 0.2) is 5.65 Å². The Morgan fingerprint density at radius 3 is 2.71 bits per heavy atom. The number of amides is 1. The van der Waals surface area contributed by atoms with E-state index in [-0.39, 0.29) is 17.8 Å². The molecule has 0 bridgehead atoms. The number of methoxy groups -OCH3 is 1. The minimum absolute atomic E-state index is 0.140. The molecule has 1 aliphatic rings. The third-order valence-corrected chi connectivity index (χ3v) is 6.07. The highest BCUT2D eigenvalue weighted by Gasteiger charge is 2.31. The lowest BCUT2D eigenvalue weighted by molar-refractivity contribution is 0.101. The predicted octanol–water partition coefficient (Wildman–Crippen LogP) is 3.33. The van der Waals surface area contributed by atoms with E-state index in [1.165, 1.54) is 13.2 Å². The summed E-state index contributed by atoms with van der Waals surface area (Å²) < 4.78 is 21.0. The van der Waals surface area contributed by atoms with Crippen LogP contribution in [-0.2, 0) is 0 Å². The van der Waals surface area contributed by atoms with Crippen molar-refractivity contribution in [2.45, 2.75) is 18.9 Å². The molecule has 0 spiro atoms. The van der Waals surface area contributed by atoms with E-state index in [4.69, 9.17) is 4.74 Å². The van der Waals surface area contributed by atoms with Crippen LogP contribution in [0.5, 0.6) is 5.88 Å². The van der Waals surface area contributed by atoms with Crippen LogP contribution >= 0.6 is 0 Å². The highest BCUT2D eigenvalue weighted by Crippen LogP contribution is 2.38. The van der Waals surface area contributed by atoms with Crippen molar-refractivity contribution in [3.05, 3.63) is 66.1 Å². The second kappa shape index (κ2) is 9.16. The van der Waals surface area contributed by atoms with E-state index in [9.17, 15) is 9.18 Å². The summed E-state index contributed by atoms with van der Waals surface area (Å²) in [6.07, 6.45) is 6.13. The first-order valence-corrected chi connectivity index (χ1v) is 11.2. The summed E-state index contributed by atoms with van der Waals surface area (Å²) in [5.41, 5.74) is 2.78. The van der Waals surface area contributed by atoms with Crippen LogP contribution in [0.3, 0.4) is 0 Å². The minimum Gasteiger partial charge on any atom is -0.481 e. The number of carbonyl (C=O) groups excluding carboxylic acids is 1. The van der Waals surface area contributed by atoms with Gasteiger partial charge in [0.25, 0.3) is 5.91 Å². The maximum absolute atomic E-state index is 14.0. The first-order valence-electron chi connectivity index (χ1n) is 11.2. The summed E-state index contributed by atoms with van der Waals surface area (Å²) in [6.45, 7) is 0.713. The molecule has 1 amide bonds. The summed E-state index contributed by atoms with van der Waals surface area (Å²) >= 11 is 0. The SMILES string of the molecule is COc1ncc(F)cc1[C@H]1CCCN1c1cn2c(C(=O)Nc3ccc(N(C)C)cc3)nnc2cn1. The zero-order valence-electron chi connectivity index (χ0n) is 19.6. The summed E-state index contributed by atoms with van der Waals surface area (Å²) in [4.78, 5) is 25.7. The van der Waals surface area contributed by atoms with Crippen LogP contribution in [0, 0.1) is 5.82 Å². The average molecular weight is 477 g/mol. The molecule has 35 heavy (non-hydrogen) atoms. The number of halogens is 1. The molecule has 0 aliphatic carbocycles. The molecule has 5 rings (SSSR count). The van der Waals surface area contributed by atoms with Crippen molar-refractivity contribution < 1.29 is 13.9 Å². The van der Waals surface area contributed by atoms with Gasteiger partial charge < -0.3 is 19.9 Å². The van der Waals surface area contributed by atoms with Crippen LogP contribution in [0.25, 0.3) is 5.65 Å². The van der Waals surface area contributed by atoms with E-state index < -0.39 is 5.82 Å². The van der Waals surface area contributed by atoms with Gasteiger partial charge in [-0.15, -0.1) is 10.2 Å².